The number of hydrogen-bond donors (Lipinski definition) is 1. The molecule has 2 fully saturated rings. The summed E-state index contributed by atoms with van der Waals surface area (Å²) < 4.78 is 36.8. The predicted molar refractivity (Wildman–Crippen MR) is 104 cm³/mol. The van der Waals surface area contributed by atoms with E-state index in [9.17, 15) is 18.0 Å². The molecule has 1 aromatic carbocycles. The average molecular weight is 439 g/mol. The first-order chi connectivity index (χ1) is 14.5. The summed E-state index contributed by atoms with van der Waals surface area (Å²) in [7, 11) is 0. The third-order valence-electron chi connectivity index (χ3n) is 5.60. The third kappa shape index (κ3) is 5.63. The van der Waals surface area contributed by atoms with Gasteiger partial charge in [0, 0.05) is 32.7 Å². The predicted octanol–water partition coefficient (Wildman–Crippen LogP) is 3.13. The molecule has 4 rings (SSSR count). The molecule has 0 spiro atoms. The maximum atomic E-state index is 12.6. The minimum atomic E-state index is -5.08. The van der Waals surface area contributed by atoms with Crippen LogP contribution in [0.25, 0.3) is 0 Å². The topological polar surface area (TPSA) is 86.9 Å². The van der Waals surface area contributed by atoms with Crippen LogP contribution >= 0.6 is 0 Å². The summed E-state index contributed by atoms with van der Waals surface area (Å²) in [5.41, 5.74) is 3.27. The normalized spacial score (nSPS) is 20.9. The highest BCUT2D eigenvalue weighted by molar-refractivity contribution is 5.95. The number of carboxylic acid groups (broad SMARTS) is 1. The lowest BCUT2D eigenvalue weighted by atomic mass is 10.0. The van der Waals surface area contributed by atoms with Gasteiger partial charge in [0.2, 0.25) is 0 Å². The van der Waals surface area contributed by atoms with Crippen LogP contribution in [0.1, 0.15) is 27.2 Å². The number of aliphatic carboxylic acids is 1. The van der Waals surface area contributed by atoms with E-state index in [1.54, 1.807) is 6.92 Å². The number of likely N-dealkylation sites (tertiary alicyclic amines) is 2. The van der Waals surface area contributed by atoms with E-state index in [-0.39, 0.29) is 5.91 Å². The Balaban J connectivity index is 0.000000339. The fraction of sp³-hybridized carbons (Fsp3) is 0.476. The van der Waals surface area contributed by atoms with Gasteiger partial charge in [-0.2, -0.15) is 13.2 Å². The van der Waals surface area contributed by atoms with E-state index in [0.29, 0.717) is 23.2 Å². The number of fused-ring (bicyclic) bond motifs is 1. The Kier molecular flexibility index (Phi) is 6.68. The maximum absolute atomic E-state index is 12.6. The molecule has 0 radical (unpaired) electrons. The summed E-state index contributed by atoms with van der Waals surface area (Å²) in [5.74, 6) is -0.919. The monoisotopic (exact) mass is 439 g/mol. The van der Waals surface area contributed by atoms with Gasteiger partial charge in [0.05, 0.1) is 6.20 Å². The number of amides is 1. The van der Waals surface area contributed by atoms with Gasteiger partial charge in [-0.1, -0.05) is 35.0 Å². The van der Waals surface area contributed by atoms with Crippen molar-refractivity contribution in [3.63, 3.8) is 0 Å². The molecular weight excluding hydrogens is 415 g/mol. The van der Waals surface area contributed by atoms with E-state index in [2.05, 4.69) is 41.2 Å². The molecule has 7 nitrogen and oxygen atoms in total. The molecule has 1 aromatic heterocycles. The van der Waals surface area contributed by atoms with Gasteiger partial charge in [-0.05, 0) is 31.2 Å². The SMILES string of the molecule is Cc1ccc(CN2C[C@@H]3CN(C(=O)c4cnoc4C)C[C@@H]3C2)cc1.O=C(O)C(F)(F)F. The summed E-state index contributed by atoms with van der Waals surface area (Å²) in [5, 5.41) is 10.8. The number of nitrogens with zero attached hydrogens (tertiary/aromatic N) is 3. The zero-order chi connectivity index (χ0) is 22.8. The first-order valence-corrected chi connectivity index (χ1v) is 9.83. The minimum Gasteiger partial charge on any atom is -0.475 e. The van der Waals surface area contributed by atoms with Crippen LogP contribution in [-0.4, -0.2) is 64.3 Å². The summed E-state index contributed by atoms with van der Waals surface area (Å²) in [4.78, 5) is 26.0. The van der Waals surface area contributed by atoms with E-state index in [0.717, 1.165) is 32.7 Å². The molecule has 31 heavy (non-hydrogen) atoms. The molecule has 0 aliphatic carbocycles. The Morgan fingerprint density at radius 3 is 2.10 bits per heavy atom. The van der Waals surface area contributed by atoms with Crippen molar-refractivity contribution in [2.24, 2.45) is 11.8 Å². The van der Waals surface area contributed by atoms with Crippen molar-refractivity contribution < 1.29 is 32.4 Å². The van der Waals surface area contributed by atoms with E-state index in [1.165, 1.54) is 17.3 Å². The smallest absolute Gasteiger partial charge is 0.475 e. The molecule has 168 valence electrons. The molecule has 1 N–H and O–H groups in total. The van der Waals surface area contributed by atoms with Crippen molar-refractivity contribution in [3.8, 4) is 0 Å². The molecule has 0 saturated carbocycles. The van der Waals surface area contributed by atoms with Crippen molar-refractivity contribution in [2.75, 3.05) is 26.2 Å². The summed E-state index contributed by atoms with van der Waals surface area (Å²) in [6.07, 6.45) is -3.55. The van der Waals surface area contributed by atoms with Crippen LogP contribution in [0, 0.1) is 25.7 Å². The van der Waals surface area contributed by atoms with Crippen LogP contribution in [0.2, 0.25) is 0 Å². The fourth-order valence-electron chi connectivity index (χ4n) is 4.01. The molecule has 2 aliphatic rings. The zero-order valence-corrected chi connectivity index (χ0v) is 17.2. The molecule has 0 unspecified atom stereocenters. The Hall–Kier alpha value is -2.88. The van der Waals surface area contributed by atoms with Crippen LogP contribution in [0.4, 0.5) is 13.2 Å². The Morgan fingerprint density at radius 2 is 1.65 bits per heavy atom. The Morgan fingerprint density at radius 1 is 1.10 bits per heavy atom. The lowest BCUT2D eigenvalue weighted by Gasteiger charge is -2.21. The van der Waals surface area contributed by atoms with Crippen LogP contribution in [0.3, 0.4) is 0 Å². The first kappa shape index (κ1) is 22.8. The number of benzene rings is 1. The Labute approximate surface area is 177 Å². The fourth-order valence-corrected chi connectivity index (χ4v) is 4.01. The number of aromatic nitrogens is 1. The van der Waals surface area contributed by atoms with Crippen LogP contribution in [-0.2, 0) is 11.3 Å². The van der Waals surface area contributed by atoms with Gasteiger partial charge in [-0.3, -0.25) is 9.69 Å². The second-order valence-electron chi connectivity index (χ2n) is 8.01. The quantitative estimate of drug-likeness (QED) is 0.791. The van der Waals surface area contributed by atoms with Crippen LogP contribution < -0.4 is 0 Å². The van der Waals surface area contributed by atoms with Crippen molar-refractivity contribution >= 4 is 11.9 Å². The number of carbonyl (C=O) groups excluding carboxylic acids is 1. The average Bonchev–Trinajstić information content (AvgIpc) is 3.37. The highest BCUT2D eigenvalue weighted by atomic mass is 19.4. The third-order valence-corrected chi connectivity index (χ3v) is 5.60. The molecule has 2 aromatic rings. The van der Waals surface area contributed by atoms with Crippen molar-refractivity contribution in [2.45, 2.75) is 26.6 Å². The second-order valence-corrected chi connectivity index (χ2v) is 8.01. The van der Waals surface area contributed by atoms with Crippen molar-refractivity contribution in [3.05, 3.63) is 52.9 Å². The molecular formula is C21H24F3N3O4. The number of halogens is 3. The van der Waals surface area contributed by atoms with E-state index in [4.69, 9.17) is 14.4 Å². The standard InChI is InChI=1S/C19H23N3O2.C2HF3O2/c1-13-3-5-15(6-4-13)8-21-9-16-11-22(12-17(16)10-21)19(23)18-7-20-24-14(18)2;3-2(4,5)1(6)7/h3-7,16-17H,8-12H2,1-2H3;(H,6,7)/t16-,17+;. The molecule has 1 amide bonds. The number of carbonyl (C=O) groups is 2. The van der Waals surface area contributed by atoms with Gasteiger partial charge in [0.25, 0.3) is 5.91 Å². The van der Waals surface area contributed by atoms with Gasteiger partial charge in [0.15, 0.2) is 0 Å². The van der Waals surface area contributed by atoms with Crippen molar-refractivity contribution in [1.29, 1.82) is 0 Å². The molecule has 2 atom stereocenters. The van der Waals surface area contributed by atoms with E-state index >= 15 is 0 Å². The maximum Gasteiger partial charge on any atom is 0.490 e. The number of hydrogen-bond acceptors (Lipinski definition) is 5. The minimum absolute atomic E-state index is 0.0632. The highest BCUT2D eigenvalue weighted by Gasteiger charge is 2.42. The van der Waals surface area contributed by atoms with Gasteiger partial charge in [-0.15, -0.1) is 0 Å². The number of alkyl halides is 3. The van der Waals surface area contributed by atoms with Gasteiger partial charge < -0.3 is 14.5 Å². The molecule has 2 saturated heterocycles. The second kappa shape index (κ2) is 9.09. The molecule has 0 bridgehead atoms. The number of rotatable bonds is 3. The highest BCUT2D eigenvalue weighted by Crippen LogP contribution is 2.33. The van der Waals surface area contributed by atoms with E-state index < -0.39 is 12.1 Å². The largest absolute Gasteiger partial charge is 0.490 e. The first-order valence-electron chi connectivity index (χ1n) is 9.83. The zero-order valence-electron chi connectivity index (χ0n) is 17.2. The van der Waals surface area contributed by atoms with E-state index in [1.807, 2.05) is 4.90 Å². The van der Waals surface area contributed by atoms with Crippen molar-refractivity contribution in [1.82, 2.24) is 15.0 Å². The van der Waals surface area contributed by atoms with Gasteiger partial charge in [0.1, 0.15) is 11.3 Å². The summed E-state index contributed by atoms with van der Waals surface area (Å²) >= 11 is 0. The molecule has 2 aliphatic heterocycles. The lowest BCUT2D eigenvalue weighted by Crippen LogP contribution is -2.33. The Bertz CT molecular complexity index is 913. The van der Waals surface area contributed by atoms with Crippen LogP contribution in [0.15, 0.2) is 35.0 Å². The summed E-state index contributed by atoms with van der Waals surface area (Å²) in [6, 6.07) is 8.78. The van der Waals surface area contributed by atoms with Gasteiger partial charge >= 0.3 is 12.1 Å². The van der Waals surface area contributed by atoms with Crippen LogP contribution in [0.5, 0.6) is 0 Å². The number of carboxylic acids is 1. The summed E-state index contributed by atoms with van der Waals surface area (Å²) in [6.45, 7) is 8.76. The molecule has 10 heteroatoms. The number of aryl methyl sites for hydroxylation is 2. The lowest BCUT2D eigenvalue weighted by molar-refractivity contribution is -0.192. The molecule has 3 heterocycles. The van der Waals surface area contributed by atoms with Gasteiger partial charge in [-0.25, -0.2) is 4.79 Å².